The summed E-state index contributed by atoms with van der Waals surface area (Å²) in [6.07, 6.45) is 6.37. The molecular weight excluding hydrogens is 478 g/mol. The van der Waals surface area contributed by atoms with Crippen LogP contribution in [0.15, 0.2) is 30.5 Å². The highest BCUT2D eigenvalue weighted by Gasteiger charge is 2.34. The number of hydrogen-bond donors (Lipinski definition) is 1. The molecule has 38 heavy (non-hydrogen) atoms. The third kappa shape index (κ3) is 4.19. The van der Waals surface area contributed by atoms with Gasteiger partial charge in [0.1, 0.15) is 0 Å². The quantitative estimate of drug-likeness (QED) is 0.564. The van der Waals surface area contributed by atoms with Gasteiger partial charge in [0.2, 0.25) is 0 Å². The summed E-state index contributed by atoms with van der Waals surface area (Å²) in [7, 11) is 1.68. The third-order valence-electron chi connectivity index (χ3n) is 8.11. The standard InChI is InChI=1S/C29H33N7O2/c1-19-23(6-3-10-32-19)24-15-20-5-4-11-35(27(20)16-21(24)17-30)28-25-18-34(29(37)31-2)12-7-26(25)36(33-28)22-8-13-38-14-9-22/h3,6,10,15-16,22H,4-5,7-9,11-14,18H2,1-2H3,(H,31,37). The van der Waals surface area contributed by atoms with Crippen molar-refractivity contribution in [1.82, 2.24) is 25.0 Å². The maximum atomic E-state index is 12.6. The topological polar surface area (TPSA) is 99.3 Å². The highest BCUT2D eigenvalue weighted by atomic mass is 16.5. The molecule has 0 atom stereocenters. The van der Waals surface area contributed by atoms with Crippen molar-refractivity contribution in [2.24, 2.45) is 0 Å². The number of nitriles is 1. The molecule has 3 aliphatic heterocycles. The van der Waals surface area contributed by atoms with E-state index in [2.05, 4.69) is 32.0 Å². The van der Waals surface area contributed by atoms with Crippen LogP contribution in [-0.2, 0) is 24.1 Å². The van der Waals surface area contributed by atoms with Crippen molar-refractivity contribution in [3.8, 4) is 17.2 Å². The van der Waals surface area contributed by atoms with Crippen molar-refractivity contribution in [1.29, 1.82) is 5.26 Å². The maximum Gasteiger partial charge on any atom is 0.317 e. The van der Waals surface area contributed by atoms with Crippen molar-refractivity contribution < 1.29 is 9.53 Å². The molecule has 2 amide bonds. The van der Waals surface area contributed by atoms with Gasteiger partial charge in [0.15, 0.2) is 5.82 Å². The SMILES string of the molecule is CNC(=O)N1CCc2c(c(N3CCCc4cc(-c5cccnc5C)c(C#N)cc43)nn2C2CCOCC2)C1. The van der Waals surface area contributed by atoms with E-state index in [9.17, 15) is 10.1 Å². The highest BCUT2D eigenvalue weighted by molar-refractivity contribution is 5.80. The molecule has 196 valence electrons. The minimum absolute atomic E-state index is 0.0669. The Morgan fingerprint density at radius 2 is 2.03 bits per heavy atom. The van der Waals surface area contributed by atoms with Crippen LogP contribution in [0.4, 0.5) is 16.3 Å². The van der Waals surface area contributed by atoms with E-state index >= 15 is 0 Å². The fourth-order valence-electron chi connectivity index (χ4n) is 6.15. The van der Waals surface area contributed by atoms with Gasteiger partial charge in [0, 0.05) is 79.7 Å². The Balaban J connectivity index is 1.46. The predicted octanol–water partition coefficient (Wildman–Crippen LogP) is 4.26. The van der Waals surface area contributed by atoms with Gasteiger partial charge in [-0.1, -0.05) is 6.07 Å². The van der Waals surface area contributed by atoms with E-state index in [4.69, 9.17) is 9.84 Å². The fraction of sp³-hybridized carbons (Fsp3) is 0.448. The average Bonchev–Trinajstić information content (AvgIpc) is 3.35. The second-order valence-electron chi connectivity index (χ2n) is 10.3. The number of carbonyl (C=O) groups excluding carboxylic acids is 1. The zero-order valence-electron chi connectivity index (χ0n) is 22.0. The molecule has 0 radical (unpaired) electrons. The van der Waals surface area contributed by atoms with E-state index in [0.29, 0.717) is 24.7 Å². The molecule has 3 aromatic rings. The number of aryl methyl sites for hydroxylation is 2. The molecule has 0 unspecified atom stereocenters. The number of ether oxygens (including phenoxy) is 1. The van der Waals surface area contributed by atoms with Crippen molar-refractivity contribution >= 4 is 17.5 Å². The number of benzene rings is 1. The van der Waals surface area contributed by atoms with Crippen LogP contribution < -0.4 is 10.2 Å². The van der Waals surface area contributed by atoms with Gasteiger partial charge in [-0.2, -0.15) is 10.4 Å². The molecule has 6 rings (SSSR count). The summed E-state index contributed by atoms with van der Waals surface area (Å²) >= 11 is 0. The van der Waals surface area contributed by atoms with Gasteiger partial charge in [-0.15, -0.1) is 0 Å². The zero-order valence-corrected chi connectivity index (χ0v) is 22.0. The number of rotatable bonds is 3. The summed E-state index contributed by atoms with van der Waals surface area (Å²) in [6, 6.07) is 10.8. The van der Waals surface area contributed by atoms with Crippen LogP contribution in [-0.4, -0.2) is 59.0 Å². The van der Waals surface area contributed by atoms with Gasteiger partial charge in [0.05, 0.1) is 24.2 Å². The van der Waals surface area contributed by atoms with Gasteiger partial charge >= 0.3 is 6.03 Å². The summed E-state index contributed by atoms with van der Waals surface area (Å²) in [5.74, 6) is 0.912. The number of aromatic nitrogens is 3. The smallest absolute Gasteiger partial charge is 0.317 e. The van der Waals surface area contributed by atoms with Crippen LogP contribution in [0.2, 0.25) is 0 Å². The molecule has 1 aromatic carbocycles. The van der Waals surface area contributed by atoms with Crippen molar-refractivity contribution in [3.63, 3.8) is 0 Å². The zero-order chi connectivity index (χ0) is 26.2. The van der Waals surface area contributed by atoms with Crippen molar-refractivity contribution in [2.75, 3.05) is 38.3 Å². The Labute approximate surface area is 223 Å². The molecule has 2 aromatic heterocycles. The second-order valence-corrected chi connectivity index (χ2v) is 10.3. The summed E-state index contributed by atoms with van der Waals surface area (Å²) in [5.41, 5.74) is 8.06. The van der Waals surface area contributed by atoms with Gasteiger partial charge in [-0.3, -0.25) is 9.67 Å². The molecule has 0 spiro atoms. The Kier molecular flexibility index (Phi) is 6.50. The van der Waals surface area contributed by atoms with Crippen LogP contribution in [0, 0.1) is 18.3 Å². The number of urea groups is 1. The van der Waals surface area contributed by atoms with Gasteiger partial charge in [0.25, 0.3) is 0 Å². The monoisotopic (exact) mass is 511 g/mol. The van der Waals surface area contributed by atoms with Crippen LogP contribution in [0.25, 0.3) is 11.1 Å². The van der Waals surface area contributed by atoms with E-state index in [-0.39, 0.29) is 6.03 Å². The first-order chi connectivity index (χ1) is 18.6. The Hall–Kier alpha value is -3.90. The summed E-state index contributed by atoms with van der Waals surface area (Å²) in [6.45, 7) is 5.48. The minimum Gasteiger partial charge on any atom is -0.381 e. The number of fused-ring (bicyclic) bond motifs is 2. The van der Waals surface area contributed by atoms with Crippen molar-refractivity contribution in [2.45, 2.75) is 51.6 Å². The molecule has 9 heteroatoms. The summed E-state index contributed by atoms with van der Waals surface area (Å²) in [4.78, 5) is 21.2. The third-order valence-corrected chi connectivity index (χ3v) is 8.11. The first-order valence-electron chi connectivity index (χ1n) is 13.5. The Morgan fingerprint density at radius 3 is 2.79 bits per heavy atom. The Bertz CT molecular complexity index is 1420. The molecule has 1 fully saturated rings. The van der Waals surface area contributed by atoms with E-state index < -0.39 is 0 Å². The number of hydrogen-bond acceptors (Lipinski definition) is 6. The summed E-state index contributed by atoms with van der Waals surface area (Å²) in [5, 5.41) is 18.2. The molecule has 0 aliphatic carbocycles. The van der Waals surface area contributed by atoms with Crippen LogP contribution in [0.3, 0.4) is 0 Å². The number of nitrogens with one attached hydrogen (secondary N) is 1. The normalized spacial score (nSPS) is 17.5. The number of pyridine rings is 1. The molecule has 0 bridgehead atoms. The van der Waals surface area contributed by atoms with Crippen LogP contribution in [0.1, 0.15) is 53.4 Å². The largest absolute Gasteiger partial charge is 0.381 e. The van der Waals surface area contributed by atoms with Crippen LogP contribution in [0.5, 0.6) is 0 Å². The molecule has 1 saturated heterocycles. The highest BCUT2D eigenvalue weighted by Crippen LogP contribution is 2.42. The van der Waals surface area contributed by atoms with Crippen molar-refractivity contribution in [3.05, 3.63) is 58.5 Å². The number of nitrogens with zero attached hydrogens (tertiary/aromatic N) is 6. The lowest BCUT2D eigenvalue weighted by molar-refractivity contribution is 0.0651. The van der Waals surface area contributed by atoms with Gasteiger partial charge < -0.3 is 19.9 Å². The lowest BCUT2D eigenvalue weighted by Gasteiger charge is -2.33. The molecule has 1 N–H and O–H groups in total. The average molecular weight is 512 g/mol. The summed E-state index contributed by atoms with van der Waals surface area (Å²) < 4.78 is 7.86. The Morgan fingerprint density at radius 1 is 1.18 bits per heavy atom. The van der Waals surface area contributed by atoms with E-state index in [1.54, 1.807) is 13.2 Å². The number of anilines is 2. The second kappa shape index (κ2) is 10.1. The van der Waals surface area contributed by atoms with E-state index in [1.807, 2.05) is 30.0 Å². The lowest BCUT2D eigenvalue weighted by Crippen LogP contribution is -2.42. The molecule has 9 nitrogen and oxygen atoms in total. The minimum atomic E-state index is -0.0669. The molecule has 3 aliphatic rings. The first-order valence-corrected chi connectivity index (χ1v) is 13.5. The number of carbonyl (C=O) groups is 1. The molecule has 0 saturated carbocycles. The first kappa shape index (κ1) is 24.4. The maximum absolute atomic E-state index is 12.6. The molecule has 5 heterocycles. The predicted molar refractivity (Wildman–Crippen MR) is 144 cm³/mol. The number of amides is 2. The lowest BCUT2D eigenvalue weighted by atomic mass is 9.91. The fourth-order valence-corrected chi connectivity index (χ4v) is 6.15. The van der Waals surface area contributed by atoms with Gasteiger partial charge in [-0.25, -0.2) is 4.79 Å². The van der Waals surface area contributed by atoms with E-state index in [1.165, 1.54) is 11.3 Å². The van der Waals surface area contributed by atoms with E-state index in [0.717, 1.165) is 85.8 Å². The van der Waals surface area contributed by atoms with Crippen LogP contribution >= 0.6 is 0 Å². The molecular formula is C29H33N7O2. The van der Waals surface area contributed by atoms with Gasteiger partial charge in [-0.05, 0) is 56.4 Å².